The second kappa shape index (κ2) is 16.4. The molecule has 3 aliphatic rings. The largest absolute Gasteiger partial charge is 0.480 e. The minimum atomic E-state index is -0.834. The molecule has 3 aliphatic heterocycles. The molecule has 6 aromatic carbocycles. The highest BCUT2D eigenvalue weighted by atomic mass is 35.5. The maximum absolute atomic E-state index is 12.5. The highest BCUT2D eigenvalue weighted by Crippen LogP contribution is 2.48. The molecule has 10 heteroatoms. The zero-order valence-corrected chi connectivity index (χ0v) is 34.4. The van der Waals surface area contributed by atoms with Crippen molar-refractivity contribution in [1.82, 2.24) is 0 Å². The number of hydrogen-bond acceptors (Lipinski definition) is 7. The van der Waals surface area contributed by atoms with Gasteiger partial charge in [0.15, 0.2) is 11.5 Å². The zero-order valence-electron chi connectivity index (χ0n) is 32.9. The summed E-state index contributed by atoms with van der Waals surface area (Å²) >= 11 is 13.1. The predicted molar refractivity (Wildman–Crippen MR) is 232 cm³/mol. The summed E-state index contributed by atoms with van der Waals surface area (Å²) in [5.74, 6) is 0.604. The number of aryl methyl sites for hydroxylation is 1. The van der Waals surface area contributed by atoms with E-state index < -0.39 is 18.1 Å². The van der Waals surface area contributed by atoms with Crippen LogP contribution in [-0.2, 0) is 14.3 Å². The number of ether oxygens (including phenoxy) is 3. The summed E-state index contributed by atoms with van der Waals surface area (Å²) in [6.45, 7) is 8.75. The number of carbonyl (C=O) groups excluding carboxylic acids is 1. The average molecular weight is 818 g/mol. The molecule has 0 amide bonds. The second-order valence-corrected chi connectivity index (χ2v) is 16.2. The zero-order chi connectivity index (χ0) is 40.7. The molecule has 3 heterocycles. The molecule has 298 valence electrons. The van der Waals surface area contributed by atoms with Crippen LogP contribution in [-0.4, -0.2) is 42.5 Å². The molecule has 9 rings (SSSR count). The Labute approximate surface area is 348 Å². The van der Waals surface area contributed by atoms with E-state index >= 15 is 0 Å². The van der Waals surface area contributed by atoms with E-state index in [-0.39, 0.29) is 24.6 Å². The fourth-order valence-electron chi connectivity index (χ4n) is 8.74. The van der Waals surface area contributed by atoms with Crippen LogP contribution < -0.4 is 20.1 Å². The van der Waals surface area contributed by atoms with Crippen molar-refractivity contribution in [1.29, 1.82) is 0 Å². The number of nitrogens with one attached hydrogen (secondary N) is 2. The van der Waals surface area contributed by atoms with E-state index in [2.05, 4.69) is 73.0 Å². The van der Waals surface area contributed by atoms with Gasteiger partial charge in [-0.25, -0.2) is 9.59 Å². The molecule has 8 nitrogen and oxygen atoms in total. The normalized spacial score (nSPS) is 19.5. The molecule has 6 aromatic rings. The summed E-state index contributed by atoms with van der Waals surface area (Å²) in [6, 6.07) is 31.8. The fourth-order valence-corrected chi connectivity index (χ4v) is 9.31. The van der Waals surface area contributed by atoms with Gasteiger partial charge in [0.05, 0.1) is 6.61 Å². The van der Waals surface area contributed by atoms with Gasteiger partial charge < -0.3 is 30.0 Å². The molecule has 0 radical (unpaired) electrons. The number of anilines is 2. The van der Waals surface area contributed by atoms with E-state index in [4.69, 9.17) is 37.4 Å². The topological polar surface area (TPSA) is 106 Å². The fraction of sp³-hybridized carbons (Fsp3) is 0.292. The van der Waals surface area contributed by atoms with E-state index in [0.29, 0.717) is 46.9 Å². The molecule has 5 atom stereocenters. The third kappa shape index (κ3) is 7.51. The first-order valence-corrected chi connectivity index (χ1v) is 20.7. The molecule has 0 aliphatic carbocycles. The van der Waals surface area contributed by atoms with Crippen LogP contribution in [0.15, 0.2) is 97.1 Å². The van der Waals surface area contributed by atoms with E-state index in [1.807, 2.05) is 56.3 Å². The van der Waals surface area contributed by atoms with E-state index in [9.17, 15) is 14.7 Å². The number of fused-ring (bicyclic) bond motifs is 5. The van der Waals surface area contributed by atoms with Crippen molar-refractivity contribution >= 4 is 68.1 Å². The van der Waals surface area contributed by atoms with E-state index in [1.165, 1.54) is 11.1 Å². The Hall–Kier alpha value is -5.44. The number of esters is 1. The van der Waals surface area contributed by atoms with Gasteiger partial charge in [-0.3, -0.25) is 0 Å². The summed E-state index contributed by atoms with van der Waals surface area (Å²) in [6.07, 6.45) is 2.10. The summed E-state index contributed by atoms with van der Waals surface area (Å²) in [5, 5.41) is 22.3. The lowest BCUT2D eigenvalue weighted by atomic mass is 9.77. The van der Waals surface area contributed by atoms with Crippen molar-refractivity contribution in [3.05, 3.63) is 140 Å². The minimum absolute atomic E-state index is 0.0494. The van der Waals surface area contributed by atoms with Crippen LogP contribution >= 0.6 is 23.2 Å². The number of benzene rings is 6. The molecular weight excluding hydrogens is 771 g/mol. The summed E-state index contributed by atoms with van der Waals surface area (Å²) in [5.41, 5.74) is 8.40. The number of aliphatic carboxylic acids is 1. The SMILES string of the molecule is CCOC(=O)C1CC(c2cc3c(cc2Cl)OCO3)c2cc(C(C)CC)ccc2N1.Cc1cc(Cl)cc2c1NC(C(=O)O)CC2c1c2ccccc2cc2ccccc12. The van der Waals surface area contributed by atoms with Crippen LogP contribution in [0.1, 0.15) is 91.2 Å². The van der Waals surface area contributed by atoms with Gasteiger partial charge >= 0.3 is 11.9 Å². The summed E-state index contributed by atoms with van der Waals surface area (Å²) in [7, 11) is 0. The lowest BCUT2D eigenvalue weighted by molar-refractivity contribution is -0.144. The van der Waals surface area contributed by atoms with Crippen LogP contribution in [0.4, 0.5) is 11.4 Å². The monoisotopic (exact) mass is 816 g/mol. The molecule has 0 bridgehead atoms. The van der Waals surface area contributed by atoms with Gasteiger partial charge in [0.25, 0.3) is 0 Å². The van der Waals surface area contributed by atoms with Crippen molar-refractivity contribution in [2.75, 3.05) is 24.0 Å². The van der Waals surface area contributed by atoms with Gasteiger partial charge in [-0.05, 0) is 124 Å². The van der Waals surface area contributed by atoms with Crippen molar-refractivity contribution in [2.45, 2.75) is 76.8 Å². The first-order valence-electron chi connectivity index (χ1n) is 19.9. The highest BCUT2D eigenvalue weighted by molar-refractivity contribution is 6.31. The van der Waals surface area contributed by atoms with Gasteiger partial charge in [0.1, 0.15) is 12.1 Å². The lowest BCUT2D eigenvalue weighted by Crippen LogP contribution is -2.37. The molecule has 0 saturated carbocycles. The number of hydrogen-bond donors (Lipinski definition) is 3. The number of carboxylic acid groups (broad SMARTS) is 1. The second-order valence-electron chi connectivity index (χ2n) is 15.4. The number of halogens is 2. The van der Waals surface area contributed by atoms with Crippen molar-refractivity contribution in [3.63, 3.8) is 0 Å². The first kappa shape index (κ1) is 39.4. The van der Waals surface area contributed by atoms with Crippen molar-refractivity contribution in [3.8, 4) is 11.5 Å². The van der Waals surface area contributed by atoms with E-state index in [1.54, 1.807) is 6.07 Å². The van der Waals surface area contributed by atoms with Crippen LogP contribution in [0.5, 0.6) is 11.5 Å². The molecular formula is C48H46Cl2N2O6. The third-order valence-electron chi connectivity index (χ3n) is 11.8. The quantitative estimate of drug-likeness (QED) is 0.108. The Morgan fingerprint density at radius 1 is 0.793 bits per heavy atom. The average Bonchev–Trinajstić information content (AvgIpc) is 3.69. The summed E-state index contributed by atoms with van der Waals surface area (Å²) < 4.78 is 16.3. The standard InChI is InChI=1S/C25H20ClNO2.C23H26ClNO4/c1-14-10-17(26)12-21-20(13-22(25(28)29)27-24(14)21)23-18-8-4-2-6-15(18)11-16-7-3-5-9-19(16)23;1-4-13(3)14-6-7-19-17(8-14)15(9-20(25-19)23(26)27-5-2)16-10-21-22(11-18(16)24)29-12-28-21/h2-12,20,22,27H,13H2,1H3,(H,28,29);6-8,10-11,13,15,20,25H,4-5,9,12H2,1-3H3. The third-order valence-corrected chi connectivity index (χ3v) is 12.4. The Bertz CT molecular complexity index is 2500. The molecule has 0 fully saturated rings. The van der Waals surface area contributed by atoms with Gasteiger partial charge in [-0.1, -0.05) is 97.7 Å². The number of carboxylic acids is 1. The Kier molecular flexibility index (Phi) is 11.2. The van der Waals surface area contributed by atoms with Gasteiger partial charge in [-0.15, -0.1) is 0 Å². The first-order chi connectivity index (χ1) is 28.0. The van der Waals surface area contributed by atoms with Crippen LogP contribution in [0.3, 0.4) is 0 Å². The summed E-state index contributed by atoms with van der Waals surface area (Å²) in [4.78, 5) is 24.5. The number of rotatable bonds is 7. The van der Waals surface area contributed by atoms with Crippen LogP contribution in [0.25, 0.3) is 21.5 Å². The Morgan fingerprint density at radius 3 is 2.14 bits per heavy atom. The van der Waals surface area contributed by atoms with Crippen LogP contribution in [0.2, 0.25) is 10.0 Å². The highest BCUT2D eigenvalue weighted by Gasteiger charge is 2.36. The van der Waals surface area contributed by atoms with Crippen molar-refractivity contribution < 1.29 is 28.9 Å². The van der Waals surface area contributed by atoms with Gasteiger partial charge in [0, 0.05) is 39.3 Å². The molecule has 3 N–H and O–H groups in total. The predicted octanol–water partition coefficient (Wildman–Crippen LogP) is 11.8. The van der Waals surface area contributed by atoms with Gasteiger partial charge in [0.2, 0.25) is 6.79 Å². The van der Waals surface area contributed by atoms with Crippen LogP contribution in [0, 0.1) is 6.92 Å². The maximum Gasteiger partial charge on any atom is 0.328 e. The maximum atomic E-state index is 12.5. The molecule has 58 heavy (non-hydrogen) atoms. The number of carbonyl (C=O) groups is 2. The smallest absolute Gasteiger partial charge is 0.328 e. The lowest BCUT2D eigenvalue weighted by Gasteiger charge is -2.34. The molecule has 0 saturated heterocycles. The van der Waals surface area contributed by atoms with Crippen molar-refractivity contribution in [2.24, 2.45) is 0 Å². The molecule has 0 aromatic heterocycles. The Balaban J connectivity index is 0.000000162. The Morgan fingerprint density at radius 2 is 1.47 bits per heavy atom. The molecule has 0 spiro atoms. The molecule has 5 unspecified atom stereocenters. The minimum Gasteiger partial charge on any atom is -0.480 e. The van der Waals surface area contributed by atoms with E-state index in [0.717, 1.165) is 61.6 Å². The van der Waals surface area contributed by atoms with Gasteiger partial charge in [-0.2, -0.15) is 0 Å².